The monoisotopic (exact) mass is 145 g/mol. The smallest absolute Gasteiger partial charge is 0.332 e. The van der Waals surface area contributed by atoms with Gasteiger partial charge in [-0.2, -0.15) is 0 Å². The Balaban J connectivity index is 4.02. The molecule has 0 aliphatic carbocycles. The van der Waals surface area contributed by atoms with Crippen molar-refractivity contribution in [1.82, 2.24) is 5.06 Å². The molecule has 10 heavy (non-hydrogen) atoms. The van der Waals surface area contributed by atoms with Gasteiger partial charge in [0, 0.05) is 12.7 Å². The number of hydrogen-bond acceptors (Lipinski definition) is 3. The average molecular weight is 145 g/mol. The summed E-state index contributed by atoms with van der Waals surface area (Å²) < 4.78 is 0. The first-order valence-corrected chi connectivity index (χ1v) is 2.95. The van der Waals surface area contributed by atoms with Crippen LogP contribution in [0.2, 0.25) is 0 Å². The maximum absolute atomic E-state index is 10.1. The van der Waals surface area contributed by atoms with Gasteiger partial charge in [-0.3, -0.25) is 10.3 Å². The molecular weight excluding hydrogens is 134 g/mol. The second-order valence-electron chi connectivity index (χ2n) is 1.87. The van der Waals surface area contributed by atoms with Gasteiger partial charge in [-0.05, 0) is 13.8 Å². The normalized spacial score (nSPS) is 11.3. The van der Waals surface area contributed by atoms with Gasteiger partial charge in [-0.15, -0.1) is 0 Å². The van der Waals surface area contributed by atoms with Crippen LogP contribution in [0.15, 0.2) is 11.8 Å². The average Bonchev–Trinajstić information content (AvgIpc) is 1.87. The van der Waals surface area contributed by atoms with E-state index < -0.39 is 5.97 Å². The van der Waals surface area contributed by atoms with Gasteiger partial charge in [0.15, 0.2) is 0 Å². The van der Waals surface area contributed by atoms with Crippen LogP contribution in [-0.4, -0.2) is 27.9 Å². The van der Waals surface area contributed by atoms with Crippen LogP contribution in [0.5, 0.6) is 0 Å². The summed E-state index contributed by atoms with van der Waals surface area (Å²) in [5.41, 5.74) is 0.115. The van der Waals surface area contributed by atoms with E-state index in [1.807, 2.05) is 0 Å². The zero-order valence-corrected chi connectivity index (χ0v) is 6.03. The lowest BCUT2D eigenvalue weighted by atomic mass is 10.3. The van der Waals surface area contributed by atoms with Crippen LogP contribution in [-0.2, 0) is 4.79 Å². The van der Waals surface area contributed by atoms with E-state index in [2.05, 4.69) is 0 Å². The van der Waals surface area contributed by atoms with Gasteiger partial charge < -0.3 is 5.11 Å². The second-order valence-corrected chi connectivity index (χ2v) is 1.87. The molecule has 0 heterocycles. The highest BCUT2D eigenvalue weighted by Gasteiger charge is 1.99. The van der Waals surface area contributed by atoms with E-state index in [9.17, 15) is 4.79 Å². The summed E-state index contributed by atoms with van der Waals surface area (Å²) in [7, 11) is 0. The first kappa shape index (κ1) is 8.97. The van der Waals surface area contributed by atoms with Crippen LogP contribution in [0.1, 0.15) is 13.8 Å². The summed E-state index contributed by atoms with van der Waals surface area (Å²) in [5.74, 6) is -1.02. The fourth-order valence-electron chi connectivity index (χ4n) is 0.370. The fraction of sp³-hybridized carbons (Fsp3) is 0.500. The third-order valence-electron chi connectivity index (χ3n) is 1.00. The number of hydroxylamine groups is 2. The minimum atomic E-state index is -1.02. The number of hydrogen-bond donors (Lipinski definition) is 2. The van der Waals surface area contributed by atoms with Crippen molar-refractivity contribution in [3.05, 3.63) is 11.8 Å². The molecule has 0 rings (SSSR count). The van der Waals surface area contributed by atoms with Gasteiger partial charge >= 0.3 is 5.97 Å². The van der Waals surface area contributed by atoms with Crippen molar-refractivity contribution < 1.29 is 15.1 Å². The zero-order chi connectivity index (χ0) is 8.15. The molecule has 0 aromatic rings. The first-order chi connectivity index (χ1) is 4.57. The van der Waals surface area contributed by atoms with Crippen molar-refractivity contribution in [3.8, 4) is 0 Å². The highest BCUT2D eigenvalue weighted by molar-refractivity contribution is 5.85. The van der Waals surface area contributed by atoms with Crippen molar-refractivity contribution >= 4 is 5.97 Å². The molecule has 0 radical (unpaired) electrons. The minimum absolute atomic E-state index is 0.115. The van der Waals surface area contributed by atoms with Crippen molar-refractivity contribution in [2.75, 3.05) is 6.54 Å². The van der Waals surface area contributed by atoms with Gasteiger partial charge in [-0.1, -0.05) is 0 Å². The topological polar surface area (TPSA) is 60.8 Å². The second kappa shape index (κ2) is 3.90. The molecule has 0 spiro atoms. The molecule has 0 saturated heterocycles. The van der Waals surface area contributed by atoms with E-state index in [-0.39, 0.29) is 5.57 Å². The lowest BCUT2D eigenvalue weighted by Crippen LogP contribution is -2.12. The Kier molecular flexibility index (Phi) is 3.49. The highest BCUT2D eigenvalue weighted by Crippen LogP contribution is 1.93. The molecule has 0 unspecified atom stereocenters. The summed E-state index contributed by atoms with van der Waals surface area (Å²) >= 11 is 0. The van der Waals surface area contributed by atoms with E-state index in [1.54, 1.807) is 6.92 Å². The van der Waals surface area contributed by atoms with E-state index in [0.717, 1.165) is 5.06 Å². The Morgan fingerprint density at radius 1 is 1.70 bits per heavy atom. The predicted molar refractivity (Wildman–Crippen MR) is 35.6 cm³/mol. The molecule has 58 valence electrons. The third kappa shape index (κ3) is 3.09. The standard InChI is InChI=1S/C6H11NO3/c1-3-7(10)4-5(2)6(8)9/h4,10H,3H2,1-2H3,(H,8,9). The van der Waals surface area contributed by atoms with Crippen LogP contribution < -0.4 is 0 Å². The summed E-state index contributed by atoms with van der Waals surface area (Å²) in [6, 6.07) is 0. The summed E-state index contributed by atoms with van der Waals surface area (Å²) in [4.78, 5) is 10.1. The zero-order valence-electron chi connectivity index (χ0n) is 6.03. The van der Waals surface area contributed by atoms with Gasteiger partial charge in [0.2, 0.25) is 0 Å². The number of carboxylic acid groups (broad SMARTS) is 1. The predicted octanol–water partition coefficient (Wildman–Crippen LogP) is 0.686. The number of carbonyl (C=O) groups is 1. The molecular formula is C6H11NO3. The summed E-state index contributed by atoms with van der Waals surface area (Å²) in [6.45, 7) is 3.51. The van der Waals surface area contributed by atoms with Gasteiger partial charge in [0.25, 0.3) is 0 Å². The Morgan fingerprint density at radius 3 is 2.50 bits per heavy atom. The van der Waals surface area contributed by atoms with Crippen LogP contribution in [0.4, 0.5) is 0 Å². The Morgan fingerprint density at radius 2 is 2.20 bits per heavy atom. The third-order valence-corrected chi connectivity index (χ3v) is 1.00. The molecule has 0 amide bonds. The maximum atomic E-state index is 10.1. The summed E-state index contributed by atoms with van der Waals surface area (Å²) in [5, 5.41) is 17.9. The van der Waals surface area contributed by atoms with Crippen molar-refractivity contribution in [3.63, 3.8) is 0 Å². The SMILES string of the molecule is CCN(O)C=C(C)C(=O)O. The van der Waals surface area contributed by atoms with Crippen LogP contribution in [0.25, 0.3) is 0 Å². The molecule has 0 aliphatic heterocycles. The lowest BCUT2D eigenvalue weighted by molar-refractivity contribution is -0.133. The first-order valence-electron chi connectivity index (χ1n) is 2.95. The Bertz CT molecular complexity index is 153. The van der Waals surface area contributed by atoms with E-state index in [1.165, 1.54) is 13.1 Å². The van der Waals surface area contributed by atoms with E-state index in [4.69, 9.17) is 10.3 Å². The number of carboxylic acids is 1. The molecule has 4 nitrogen and oxygen atoms in total. The van der Waals surface area contributed by atoms with Crippen LogP contribution in [0.3, 0.4) is 0 Å². The maximum Gasteiger partial charge on any atom is 0.332 e. The molecule has 0 bridgehead atoms. The van der Waals surface area contributed by atoms with Gasteiger partial charge in [0.05, 0.1) is 5.57 Å². The Labute approximate surface area is 59.3 Å². The van der Waals surface area contributed by atoms with Gasteiger partial charge in [0.1, 0.15) is 0 Å². The van der Waals surface area contributed by atoms with Crippen molar-refractivity contribution in [2.45, 2.75) is 13.8 Å². The van der Waals surface area contributed by atoms with E-state index >= 15 is 0 Å². The van der Waals surface area contributed by atoms with Gasteiger partial charge in [-0.25, -0.2) is 4.79 Å². The number of aliphatic carboxylic acids is 1. The Hall–Kier alpha value is -1.03. The quantitative estimate of drug-likeness (QED) is 0.453. The highest BCUT2D eigenvalue weighted by atomic mass is 16.5. The molecule has 0 aliphatic rings. The van der Waals surface area contributed by atoms with Crippen LogP contribution in [0, 0.1) is 0 Å². The lowest BCUT2D eigenvalue weighted by Gasteiger charge is -2.07. The summed E-state index contributed by atoms with van der Waals surface area (Å²) in [6.07, 6.45) is 1.17. The molecule has 0 fully saturated rings. The van der Waals surface area contributed by atoms with Crippen molar-refractivity contribution in [2.24, 2.45) is 0 Å². The number of rotatable bonds is 3. The van der Waals surface area contributed by atoms with Crippen molar-refractivity contribution in [1.29, 1.82) is 0 Å². The largest absolute Gasteiger partial charge is 0.478 e. The van der Waals surface area contributed by atoms with Crippen LogP contribution >= 0.6 is 0 Å². The molecule has 2 N–H and O–H groups in total. The fourth-order valence-corrected chi connectivity index (χ4v) is 0.370. The molecule has 0 aromatic heterocycles. The minimum Gasteiger partial charge on any atom is -0.478 e. The molecule has 0 atom stereocenters. The molecule has 0 aromatic carbocycles. The number of nitrogens with zero attached hydrogens (tertiary/aromatic N) is 1. The molecule has 0 saturated carbocycles. The van der Waals surface area contributed by atoms with E-state index in [0.29, 0.717) is 6.54 Å². The molecule has 4 heteroatoms.